The van der Waals surface area contributed by atoms with E-state index >= 15 is 0 Å². The molecule has 2 aromatic rings. The number of rotatable bonds is 7. The van der Waals surface area contributed by atoms with Gasteiger partial charge in [0.1, 0.15) is 17.9 Å². The molecule has 0 saturated carbocycles. The normalized spacial score (nSPS) is 12.3. The lowest BCUT2D eigenvalue weighted by atomic mass is 10.1. The predicted octanol–water partition coefficient (Wildman–Crippen LogP) is 2.10. The Morgan fingerprint density at radius 3 is 2.74 bits per heavy atom. The first kappa shape index (κ1) is 13.5. The number of aryl methyl sites for hydroxylation is 1. The van der Waals surface area contributed by atoms with Crippen molar-refractivity contribution >= 4 is 0 Å². The minimum Gasteiger partial charge on any atom is -0.497 e. The molecule has 0 aliphatic rings. The van der Waals surface area contributed by atoms with E-state index in [1.165, 1.54) is 5.56 Å². The number of H-pyrrole nitrogens is 1. The Hall–Kier alpha value is -1.88. The molecule has 0 fully saturated rings. The summed E-state index contributed by atoms with van der Waals surface area (Å²) in [5, 5.41) is 10.2. The molecule has 0 aliphatic heterocycles. The van der Waals surface area contributed by atoms with Crippen LogP contribution in [-0.2, 0) is 6.42 Å². The van der Waals surface area contributed by atoms with Crippen molar-refractivity contribution < 1.29 is 4.74 Å². The number of nitrogens with zero attached hydrogens (tertiary/aromatic N) is 2. The number of hydrogen-bond donors (Lipinski definition) is 2. The smallest absolute Gasteiger partial charge is 0.137 e. The summed E-state index contributed by atoms with van der Waals surface area (Å²) in [6.07, 6.45) is 3.50. The van der Waals surface area contributed by atoms with Gasteiger partial charge < -0.3 is 10.1 Å². The highest BCUT2D eigenvalue weighted by Gasteiger charge is 2.04. The number of aromatic amines is 1. The van der Waals surface area contributed by atoms with Crippen LogP contribution < -0.4 is 10.1 Å². The Morgan fingerprint density at radius 1 is 1.32 bits per heavy atom. The maximum atomic E-state index is 5.15. The Balaban J connectivity index is 1.72. The Kier molecular flexibility index (Phi) is 4.92. The molecule has 1 aromatic carbocycles. The van der Waals surface area contributed by atoms with Gasteiger partial charge in [-0.2, -0.15) is 5.10 Å². The fourth-order valence-corrected chi connectivity index (χ4v) is 1.94. The standard InChI is InChI=1S/C14H20N4O/c1-11(12-5-7-13(19-2)8-6-12)15-9-3-4-14-16-10-17-18-14/h5-8,10-11,15H,3-4,9H2,1-2H3,(H,16,17,18). The molecule has 0 radical (unpaired) electrons. The first-order valence-electron chi connectivity index (χ1n) is 6.51. The van der Waals surface area contributed by atoms with Crippen LogP contribution in [0.25, 0.3) is 0 Å². The number of ether oxygens (including phenoxy) is 1. The molecule has 1 aromatic heterocycles. The van der Waals surface area contributed by atoms with E-state index in [1.54, 1.807) is 13.4 Å². The Labute approximate surface area is 113 Å². The van der Waals surface area contributed by atoms with Crippen molar-refractivity contribution in [2.24, 2.45) is 0 Å². The SMILES string of the molecule is COc1ccc(C(C)NCCCc2ncn[nH]2)cc1. The molecule has 1 heterocycles. The van der Waals surface area contributed by atoms with Crippen LogP contribution in [0, 0.1) is 0 Å². The average Bonchev–Trinajstić information content (AvgIpc) is 2.96. The van der Waals surface area contributed by atoms with Crippen molar-refractivity contribution in [3.05, 3.63) is 42.0 Å². The van der Waals surface area contributed by atoms with E-state index in [4.69, 9.17) is 4.74 Å². The van der Waals surface area contributed by atoms with Crippen molar-refractivity contribution in [1.82, 2.24) is 20.5 Å². The first-order chi connectivity index (χ1) is 9.29. The summed E-state index contributed by atoms with van der Waals surface area (Å²) in [4.78, 5) is 4.10. The van der Waals surface area contributed by atoms with Gasteiger partial charge in [0.2, 0.25) is 0 Å². The molecule has 1 unspecified atom stereocenters. The maximum Gasteiger partial charge on any atom is 0.137 e. The van der Waals surface area contributed by atoms with Gasteiger partial charge in [-0.3, -0.25) is 5.10 Å². The van der Waals surface area contributed by atoms with Crippen molar-refractivity contribution in [3.8, 4) is 5.75 Å². The molecular weight excluding hydrogens is 240 g/mol. The number of benzene rings is 1. The summed E-state index contributed by atoms with van der Waals surface area (Å²) in [6.45, 7) is 3.12. The average molecular weight is 260 g/mol. The highest BCUT2D eigenvalue weighted by Crippen LogP contribution is 2.17. The number of nitrogens with one attached hydrogen (secondary N) is 2. The zero-order chi connectivity index (χ0) is 13.5. The van der Waals surface area contributed by atoms with Gasteiger partial charge in [0.05, 0.1) is 7.11 Å². The zero-order valence-corrected chi connectivity index (χ0v) is 11.4. The van der Waals surface area contributed by atoms with Gasteiger partial charge in [0.25, 0.3) is 0 Å². The van der Waals surface area contributed by atoms with Crippen LogP contribution in [0.5, 0.6) is 5.75 Å². The molecule has 0 aliphatic carbocycles. The third-order valence-electron chi connectivity index (χ3n) is 3.12. The molecule has 5 heteroatoms. The Morgan fingerprint density at radius 2 is 2.11 bits per heavy atom. The van der Waals surface area contributed by atoms with E-state index in [0.29, 0.717) is 6.04 Å². The minimum atomic E-state index is 0.334. The van der Waals surface area contributed by atoms with Crippen LogP contribution in [0.15, 0.2) is 30.6 Å². The van der Waals surface area contributed by atoms with Crippen molar-refractivity contribution in [3.63, 3.8) is 0 Å². The van der Waals surface area contributed by atoms with Crippen LogP contribution in [-0.4, -0.2) is 28.8 Å². The summed E-state index contributed by atoms with van der Waals surface area (Å²) < 4.78 is 5.15. The van der Waals surface area contributed by atoms with E-state index in [0.717, 1.165) is 31.0 Å². The summed E-state index contributed by atoms with van der Waals surface area (Å²) in [5.74, 6) is 1.83. The summed E-state index contributed by atoms with van der Waals surface area (Å²) in [6, 6.07) is 8.49. The lowest BCUT2D eigenvalue weighted by Crippen LogP contribution is -2.20. The van der Waals surface area contributed by atoms with Gasteiger partial charge >= 0.3 is 0 Å². The van der Waals surface area contributed by atoms with Crippen LogP contribution >= 0.6 is 0 Å². The highest BCUT2D eigenvalue weighted by molar-refractivity contribution is 5.28. The van der Waals surface area contributed by atoms with Crippen LogP contribution in [0.4, 0.5) is 0 Å². The lowest BCUT2D eigenvalue weighted by Gasteiger charge is -2.14. The third-order valence-corrected chi connectivity index (χ3v) is 3.12. The molecular formula is C14H20N4O. The molecule has 0 saturated heterocycles. The molecule has 0 bridgehead atoms. The van der Waals surface area contributed by atoms with E-state index in [2.05, 4.69) is 39.6 Å². The highest BCUT2D eigenvalue weighted by atomic mass is 16.5. The molecule has 102 valence electrons. The first-order valence-corrected chi connectivity index (χ1v) is 6.51. The minimum absolute atomic E-state index is 0.334. The second-order valence-electron chi connectivity index (χ2n) is 4.48. The second-order valence-corrected chi connectivity index (χ2v) is 4.48. The van der Waals surface area contributed by atoms with Crippen molar-refractivity contribution in [1.29, 1.82) is 0 Å². The molecule has 5 nitrogen and oxygen atoms in total. The fourth-order valence-electron chi connectivity index (χ4n) is 1.94. The van der Waals surface area contributed by atoms with Crippen molar-refractivity contribution in [2.45, 2.75) is 25.8 Å². The van der Waals surface area contributed by atoms with Crippen molar-refractivity contribution in [2.75, 3.05) is 13.7 Å². The third kappa shape index (κ3) is 4.06. The van der Waals surface area contributed by atoms with E-state index in [9.17, 15) is 0 Å². The molecule has 2 rings (SSSR count). The zero-order valence-electron chi connectivity index (χ0n) is 11.4. The van der Waals surface area contributed by atoms with E-state index in [-0.39, 0.29) is 0 Å². The largest absolute Gasteiger partial charge is 0.497 e. The lowest BCUT2D eigenvalue weighted by molar-refractivity contribution is 0.414. The quantitative estimate of drug-likeness (QED) is 0.748. The number of aromatic nitrogens is 3. The van der Waals surface area contributed by atoms with Gasteiger partial charge in [-0.1, -0.05) is 12.1 Å². The van der Waals surface area contributed by atoms with Gasteiger partial charge in [-0.05, 0) is 37.6 Å². The Bertz CT molecular complexity index is 467. The summed E-state index contributed by atoms with van der Waals surface area (Å²) >= 11 is 0. The summed E-state index contributed by atoms with van der Waals surface area (Å²) in [7, 11) is 1.68. The molecule has 0 spiro atoms. The number of methoxy groups -OCH3 is 1. The van der Waals surface area contributed by atoms with Crippen LogP contribution in [0.2, 0.25) is 0 Å². The maximum absolute atomic E-state index is 5.15. The molecule has 19 heavy (non-hydrogen) atoms. The van der Waals surface area contributed by atoms with Crippen LogP contribution in [0.3, 0.4) is 0 Å². The van der Waals surface area contributed by atoms with Gasteiger partial charge in [-0.15, -0.1) is 0 Å². The fraction of sp³-hybridized carbons (Fsp3) is 0.429. The molecule has 2 N–H and O–H groups in total. The second kappa shape index (κ2) is 6.89. The number of hydrogen-bond acceptors (Lipinski definition) is 4. The van der Waals surface area contributed by atoms with E-state index in [1.807, 2.05) is 12.1 Å². The van der Waals surface area contributed by atoms with Gasteiger partial charge in [0.15, 0.2) is 0 Å². The summed E-state index contributed by atoms with van der Waals surface area (Å²) in [5.41, 5.74) is 1.26. The molecule has 1 atom stereocenters. The van der Waals surface area contributed by atoms with Gasteiger partial charge in [-0.25, -0.2) is 4.98 Å². The van der Waals surface area contributed by atoms with Crippen LogP contribution in [0.1, 0.15) is 30.8 Å². The van der Waals surface area contributed by atoms with E-state index < -0.39 is 0 Å². The monoisotopic (exact) mass is 260 g/mol. The topological polar surface area (TPSA) is 62.8 Å². The molecule has 0 amide bonds. The predicted molar refractivity (Wildman–Crippen MR) is 74.1 cm³/mol. The van der Waals surface area contributed by atoms with Gasteiger partial charge in [0, 0.05) is 12.5 Å².